The second kappa shape index (κ2) is 7.58. The van der Waals surface area contributed by atoms with Gasteiger partial charge in [-0.15, -0.1) is 11.6 Å². The van der Waals surface area contributed by atoms with Gasteiger partial charge in [0.05, 0.1) is 18.3 Å². The van der Waals surface area contributed by atoms with E-state index < -0.39 is 12.1 Å². The van der Waals surface area contributed by atoms with Crippen molar-refractivity contribution in [2.45, 2.75) is 32.0 Å². The van der Waals surface area contributed by atoms with Gasteiger partial charge in [0.2, 0.25) is 0 Å². The number of rotatable bonds is 3. The number of benzene rings is 1. The van der Waals surface area contributed by atoms with E-state index in [1.165, 1.54) is 0 Å². The van der Waals surface area contributed by atoms with Crippen molar-refractivity contribution in [1.82, 2.24) is 0 Å². The molecule has 23 heavy (non-hydrogen) atoms. The van der Waals surface area contributed by atoms with Crippen molar-refractivity contribution in [2.75, 3.05) is 5.88 Å². The summed E-state index contributed by atoms with van der Waals surface area (Å²) in [6.07, 6.45) is -4.14. The van der Waals surface area contributed by atoms with Gasteiger partial charge in [0, 0.05) is 22.9 Å². The molecule has 2 nitrogen and oxygen atoms in total. The molecule has 2 N–H and O–H groups in total. The number of allylic oxidation sites excluding steroid dienone is 2. The first-order valence-corrected chi connectivity index (χ1v) is 8.11. The predicted molar refractivity (Wildman–Crippen MR) is 87.9 cm³/mol. The SMILES string of the molecule is N/C(CCl)=C1/CCC(C(F)(F)F)CC1=NCc1ccccc1Cl. The third kappa shape index (κ3) is 4.64. The highest BCUT2D eigenvalue weighted by Crippen LogP contribution is 2.39. The van der Waals surface area contributed by atoms with Gasteiger partial charge in [-0.2, -0.15) is 13.2 Å². The molecule has 1 aromatic carbocycles. The molecule has 0 spiro atoms. The van der Waals surface area contributed by atoms with Crippen LogP contribution < -0.4 is 5.73 Å². The van der Waals surface area contributed by atoms with Crippen LogP contribution in [0.4, 0.5) is 13.2 Å². The minimum atomic E-state index is -4.23. The molecule has 0 heterocycles. The molecule has 1 atom stereocenters. The summed E-state index contributed by atoms with van der Waals surface area (Å²) in [5.41, 5.74) is 8.04. The van der Waals surface area contributed by atoms with Gasteiger partial charge >= 0.3 is 6.18 Å². The van der Waals surface area contributed by atoms with Crippen molar-refractivity contribution in [3.63, 3.8) is 0 Å². The van der Waals surface area contributed by atoms with Crippen molar-refractivity contribution in [3.8, 4) is 0 Å². The van der Waals surface area contributed by atoms with Crippen molar-refractivity contribution in [3.05, 3.63) is 46.1 Å². The molecule has 1 aliphatic rings. The topological polar surface area (TPSA) is 38.4 Å². The molecule has 1 saturated carbocycles. The van der Waals surface area contributed by atoms with Crippen molar-refractivity contribution >= 4 is 28.9 Å². The Hall–Kier alpha value is -1.20. The van der Waals surface area contributed by atoms with Crippen LogP contribution in [0.25, 0.3) is 0 Å². The average Bonchev–Trinajstić information content (AvgIpc) is 2.52. The number of nitrogens with zero attached hydrogens (tertiary/aromatic N) is 1. The van der Waals surface area contributed by atoms with Crippen molar-refractivity contribution < 1.29 is 13.2 Å². The van der Waals surface area contributed by atoms with Gasteiger partial charge in [-0.05, 0) is 30.0 Å². The van der Waals surface area contributed by atoms with E-state index in [2.05, 4.69) is 4.99 Å². The summed E-state index contributed by atoms with van der Waals surface area (Å²) in [6, 6.07) is 7.12. The lowest BCUT2D eigenvalue weighted by atomic mass is 9.83. The van der Waals surface area contributed by atoms with E-state index in [1.807, 2.05) is 6.07 Å². The predicted octanol–water partition coefficient (Wildman–Crippen LogP) is 5.10. The lowest BCUT2D eigenvalue weighted by Crippen LogP contribution is -2.31. The van der Waals surface area contributed by atoms with E-state index in [9.17, 15) is 13.2 Å². The van der Waals surface area contributed by atoms with Crippen LogP contribution in [0.15, 0.2) is 40.5 Å². The van der Waals surface area contributed by atoms with Gasteiger partial charge in [0.1, 0.15) is 0 Å². The average molecular weight is 365 g/mol. The number of aliphatic imine (C=N–C) groups is 1. The molecule has 0 amide bonds. The first kappa shape index (κ1) is 18.1. The smallest absolute Gasteiger partial charge is 0.392 e. The Labute approximate surface area is 143 Å². The van der Waals surface area contributed by atoms with Crippen molar-refractivity contribution in [2.24, 2.45) is 16.6 Å². The molecule has 0 radical (unpaired) electrons. The standard InChI is InChI=1S/C16H17Cl2F3N2/c17-8-14(22)12-6-5-11(16(19,20)21)7-15(12)23-9-10-3-1-2-4-13(10)18/h1-4,11H,5-9,22H2/b14-12-,23-15?. The molecule has 0 aromatic heterocycles. The van der Waals surface area contributed by atoms with E-state index in [-0.39, 0.29) is 31.7 Å². The molecular formula is C16H17Cl2F3N2. The van der Waals surface area contributed by atoms with Crippen LogP contribution >= 0.6 is 23.2 Å². The maximum atomic E-state index is 13.0. The van der Waals surface area contributed by atoms with E-state index in [1.54, 1.807) is 18.2 Å². The number of nitrogens with two attached hydrogens (primary N) is 1. The molecule has 2 rings (SSSR count). The largest absolute Gasteiger partial charge is 0.401 e. The summed E-state index contributed by atoms with van der Waals surface area (Å²) >= 11 is 11.8. The van der Waals surface area contributed by atoms with Crippen LogP contribution in [0.1, 0.15) is 24.8 Å². The van der Waals surface area contributed by atoms with E-state index in [0.717, 1.165) is 5.56 Å². The first-order valence-electron chi connectivity index (χ1n) is 7.20. The van der Waals surface area contributed by atoms with Crippen LogP contribution in [0, 0.1) is 5.92 Å². The molecular weight excluding hydrogens is 348 g/mol. The summed E-state index contributed by atoms with van der Waals surface area (Å²) < 4.78 is 39.0. The van der Waals surface area contributed by atoms with Crippen LogP contribution in [-0.4, -0.2) is 17.8 Å². The Kier molecular flexibility index (Phi) is 5.98. The molecule has 1 aliphatic carbocycles. The second-order valence-electron chi connectivity index (χ2n) is 5.47. The number of hydrogen-bond donors (Lipinski definition) is 1. The third-order valence-corrected chi connectivity index (χ3v) is 4.58. The van der Waals surface area contributed by atoms with Gasteiger partial charge in [0.25, 0.3) is 0 Å². The third-order valence-electron chi connectivity index (χ3n) is 3.92. The molecule has 1 fully saturated rings. The molecule has 1 unspecified atom stereocenters. The Balaban J connectivity index is 2.28. The minimum absolute atomic E-state index is 0.0154. The summed E-state index contributed by atoms with van der Waals surface area (Å²) in [5.74, 6) is -1.31. The fraction of sp³-hybridized carbons (Fsp3) is 0.438. The fourth-order valence-electron chi connectivity index (χ4n) is 2.59. The number of halogens is 5. The normalized spacial score (nSPS) is 23.2. The highest BCUT2D eigenvalue weighted by Gasteiger charge is 2.42. The molecule has 126 valence electrons. The summed E-state index contributed by atoms with van der Waals surface area (Å²) in [7, 11) is 0. The zero-order chi connectivity index (χ0) is 17.0. The van der Waals surface area contributed by atoms with Gasteiger partial charge in [-0.3, -0.25) is 4.99 Å². The Morgan fingerprint density at radius 2 is 2.00 bits per heavy atom. The molecule has 1 aromatic rings. The Bertz CT molecular complexity index is 624. The van der Waals surface area contributed by atoms with Crippen LogP contribution in [0.3, 0.4) is 0 Å². The van der Waals surface area contributed by atoms with Gasteiger partial charge in [-0.25, -0.2) is 0 Å². The van der Waals surface area contributed by atoms with E-state index in [0.29, 0.717) is 22.0 Å². The molecule has 0 saturated heterocycles. The lowest BCUT2D eigenvalue weighted by Gasteiger charge is -2.28. The number of hydrogen-bond acceptors (Lipinski definition) is 2. The van der Waals surface area contributed by atoms with Crippen molar-refractivity contribution in [1.29, 1.82) is 0 Å². The first-order chi connectivity index (χ1) is 10.8. The van der Waals surface area contributed by atoms with E-state index in [4.69, 9.17) is 28.9 Å². The maximum Gasteiger partial charge on any atom is 0.392 e. The van der Waals surface area contributed by atoms with E-state index >= 15 is 0 Å². The van der Waals surface area contributed by atoms with Gasteiger partial charge < -0.3 is 5.73 Å². The summed E-state index contributed by atoms with van der Waals surface area (Å²) in [5, 5.41) is 0.538. The molecule has 7 heteroatoms. The maximum absolute atomic E-state index is 13.0. The van der Waals surface area contributed by atoms with Crippen LogP contribution in [0.2, 0.25) is 5.02 Å². The molecule has 0 bridgehead atoms. The van der Waals surface area contributed by atoms with Crippen LogP contribution in [0.5, 0.6) is 0 Å². The fourth-order valence-corrected chi connectivity index (χ4v) is 2.95. The minimum Gasteiger partial charge on any atom is -0.401 e. The van der Waals surface area contributed by atoms with Gasteiger partial charge in [0.15, 0.2) is 0 Å². The Morgan fingerprint density at radius 1 is 1.30 bits per heavy atom. The van der Waals surface area contributed by atoms with Gasteiger partial charge in [-0.1, -0.05) is 29.8 Å². The highest BCUT2D eigenvalue weighted by molar-refractivity contribution is 6.31. The monoisotopic (exact) mass is 364 g/mol. The zero-order valence-electron chi connectivity index (χ0n) is 12.3. The lowest BCUT2D eigenvalue weighted by molar-refractivity contribution is -0.174. The second-order valence-corrected chi connectivity index (χ2v) is 6.15. The highest BCUT2D eigenvalue weighted by atomic mass is 35.5. The molecule has 0 aliphatic heterocycles. The summed E-state index contributed by atoms with van der Waals surface area (Å²) in [4.78, 5) is 4.36. The Morgan fingerprint density at radius 3 is 2.61 bits per heavy atom. The zero-order valence-corrected chi connectivity index (χ0v) is 13.8. The number of alkyl halides is 4. The quantitative estimate of drug-likeness (QED) is 0.744. The van der Waals surface area contributed by atoms with Crippen LogP contribution in [-0.2, 0) is 6.54 Å². The summed E-state index contributed by atoms with van der Waals surface area (Å²) in [6.45, 7) is 0.221.